The number of carbonyl (C=O) groups excluding carboxylic acids is 1. The minimum absolute atomic E-state index is 0.187. The van der Waals surface area contributed by atoms with Crippen molar-refractivity contribution >= 4 is 45.3 Å². The number of nitrogens with zero attached hydrogens (tertiary/aromatic N) is 1. The first kappa shape index (κ1) is 21.2. The van der Waals surface area contributed by atoms with Crippen LogP contribution in [-0.2, 0) is 24.0 Å². The highest BCUT2D eigenvalue weighted by molar-refractivity contribution is 7.80. The summed E-state index contributed by atoms with van der Waals surface area (Å²) in [5, 5.41) is 4.67. The van der Waals surface area contributed by atoms with Gasteiger partial charge in [-0.25, -0.2) is 9.18 Å². The van der Waals surface area contributed by atoms with Crippen molar-refractivity contribution in [3.63, 3.8) is 0 Å². The fourth-order valence-electron chi connectivity index (χ4n) is 4.44. The largest absolute Gasteiger partial charge is 0.462 e. The lowest BCUT2D eigenvalue weighted by Crippen LogP contribution is -2.44. The number of hydrogen-bond donors (Lipinski definition) is 1. The lowest BCUT2D eigenvalue weighted by molar-refractivity contribution is 0.0527. The number of fused-ring (bicyclic) bond motifs is 2. The zero-order valence-corrected chi connectivity index (χ0v) is 19.1. The van der Waals surface area contributed by atoms with Crippen LogP contribution in [0.2, 0.25) is 0 Å². The molecule has 0 bridgehead atoms. The molecule has 2 heterocycles. The fourth-order valence-corrected chi connectivity index (χ4v) is 6.16. The van der Waals surface area contributed by atoms with Crippen molar-refractivity contribution in [1.29, 1.82) is 0 Å². The van der Waals surface area contributed by atoms with Crippen LogP contribution in [-0.4, -0.2) is 23.7 Å². The first-order valence-electron chi connectivity index (χ1n) is 10.7. The van der Waals surface area contributed by atoms with Gasteiger partial charge in [-0.05, 0) is 93.9 Å². The Kier molecular flexibility index (Phi) is 6.39. The predicted octanol–water partition coefficient (Wildman–Crippen LogP) is 5.87. The topological polar surface area (TPSA) is 41.6 Å². The van der Waals surface area contributed by atoms with Crippen molar-refractivity contribution in [3.05, 3.63) is 45.6 Å². The van der Waals surface area contributed by atoms with Crippen LogP contribution in [0.3, 0.4) is 0 Å². The zero-order chi connectivity index (χ0) is 21.3. The second-order valence-electron chi connectivity index (χ2n) is 7.95. The van der Waals surface area contributed by atoms with E-state index in [2.05, 4.69) is 12.2 Å². The van der Waals surface area contributed by atoms with Crippen molar-refractivity contribution in [3.8, 4) is 0 Å². The molecule has 7 heteroatoms. The molecule has 30 heavy (non-hydrogen) atoms. The van der Waals surface area contributed by atoms with Gasteiger partial charge < -0.3 is 15.0 Å². The van der Waals surface area contributed by atoms with Gasteiger partial charge in [-0.2, -0.15) is 0 Å². The van der Waals surface area contributed by atoms with Gasteiger partial charge in [0.25, 0.3) is 0 Å². The van der Waals surface area contributed by atoms with Crippen LogP contribution in [0.4, 0.5) is 15.1 Å². The van der Waals surface area contributed by atoms with Crippen molar-refractivity contribution < 1.29 is 13.9 Å². The van der Waals surface area contributed by atoms with Crippen LogP contribution in [0.5, 0.6) is 0 Å². The molecule has 2 aromatic rings. The number of nitrogens with one attached hydrogen (secondary N) is 1. The monoisotopic (exact) mass is 446 g/mol. The molecular formula is C23H27FN2O2S2. The van der Waals surface area contributed by atoms with Crippen LogP contribution in [0, 0.1) is 5.82 Å². The molecule has 1 N–H and O–H groups in total. The molecule has 0 spiro atoms. The normalized spacial score (nSPS) is 18.2. The Hall–Kier alpha value is -1.99. The van der Waals surface area contributed by atoms with E-state index >= 15 is 0 Å². The number of hydrogen-bond acceptors (Lipinski definition) is 4. The summed E-state index contributed by atoms with van der Waals surface area (Å²) in [6.45, 7) is 4.29. The minimum atomic E-state index is -0.281. The molecule has 4 rings (SSSR count). The van der Waals surface area contributed by atoms with Crippen molar-refractivity contribution in [2.75, 3.05) is 16.8 Å². The van der Waals surface area contributed by atoms with E-state index in [1.807, 2.05) is 11.8 Å². The van der Waals surface area contributed by atoms with E-state index in [1.165, 1.54) is 17.4 Å². The summed E-state index contributed by atoms with van der Waals surface area (Å²) in [6, 6.07) is 5.05. The van der Waals surface area contributed by atoms with E-state index in [-0.39, 0.29) is 17.8 Å². The summed E-state index contributed by atoms with van der Waals surface area (Å²) in [4.78, 5) is 16.1. The summed E-state index contributed by atoms with van der Waals surface area (Å²) in [7, 11) is 0. The summed E-state index contributed by atoms with van der Waals surface area (Å²) in [5.74, 6) is -0.509. The van der Waals surface area contributed by atoms with E-state index in [4.69, 9.17) is 17.0 Å². The quantitative estimate of drug-likeness (QED) is 0.363. The summed E-state index contributed by atoms with van der Waals surface area (Å²) < 4.78 is 19.1. The van der Waals surface area contributed by atoms with Crippen LogP contribution >= 0.6 is 23.6 Å². The molecule has 2 aliphatic rings. The maximum absolute atomic E-state index is 13.7. The number of halogens is 1. The number of aryl methyl sites for hydroxylation is 2. The first-order chi connectivity index (χ1) is 14.5. The molecule has 4 nitrogen and oxygen atoms in total. The Bertz CT molecular complexity index is 972. The highest BCUT2D eigenvalue weighted by Gasteiger charge is 2.30. The van der Waals surface area contributed by atoms with Crippen LogP contribution in [0.15, 0.2) is 18.2 Å². The number of ether oxygens (including phenoxy) is 1. The summed E-state index contributed by atoms with van der Waals surface area (Å²) in [5.41, 5.74) is 3.66. The van der Waals surface area contributed by atoms with Crippen molar-refractivity contribution in [2.45, 2.75) is 64.8 Å². The molecule has 1 aromatic heterocycles. The van der Waals surface area contributed by atoms with E-state index in [0.717, 1.165) is 60.3 Å². The van der Waals surface area contributed by atoms with Gasteiger partial charge in [0.05, 0.1) is 12.2 Å². The van der Waals surface area contributed by atoms with Gasteiger partial charge in [0, 0.05) is 16.6 Å². The molecule has 0 saturated heterocycles. The van der Waals surface area contributed by atoms with Gasteiger partial charge in [0.2, 0.25) is 0 Å². The molecule has 0 amide bonds. The third-order valence-electron chi connectivity index (χ3n) is 5.91. The summed E-state index contributed by atoms with van der Waals surface area (Å²) >= 11 is 7.42. The maximum atomic E-state index is 13.7. The van der Waals surface area contributed by atoms with Crippen molar-refractivity contribution in [1.82, 2.24) is 0 Å². The van der Waals surface area contributed by atoms with E-state index < -0.39 is 0 Å². The van der Waals surface area contributed by atoms with Crippen molar-refractivity contribution in [2.24, 2.45) is 0 Å². The highest BCUT2D eigenvalue weighted by Crippen LogP contribution is 2.39. The Balaban J connectivity index is 1.67. The Morgan fingerprint density at radius 1 is 1.30 bits per heavy atom. The number of thiophene rings is 1. The molecule has 0 saturated carbocycles. The molecule has 160 valence electrons. The third-order valence-corrected chi connectivity index (χ3v) is 7.42. The van der Waals surface area contributed by atoms with E-state index in [0.29, 0.717) is 17.3 Å². The van der Waals surface area contributed by atoms with Crippen LogP contribution < -0.4 is 10.2 Å². The third kappa shape index (κ3) is 4.10. The standard InChI is InChI=1S/C23H27FN2O2S2/c1-3-28-22(27)20-17-7-5-4-6-8-19(17)30-21(20)25-23(29)26-14(2)9-10-15-13-16(24)11-12-18(15)26/h11-14H,3-10H2,1-2H3,(H,25,29)/t14-/m0/s1. The molecule has 1 aliphatic carbocycles. The Labute approximate surface area is 186 Å². The lowest BCUT2D eigenvalue weighted by atomic mass is 9.97. The second kappa shape index (κ2) is 9.02. The number of esters is 1. The fraction of sp³-hybridized carbons (Fsp3) is 0.478. The highest BCUT2D eigenvalue weighted by atomic mass is 32.1. The second-order valence-corrected chi connectivity index (χ2v) is 9.44. The van der Waals surface area contributed by atoms with Crippen LogP contribution in [0.1, 0.15) is 65.9 Å². The number of thiocarbonyl (C=S) groups is 1. The average Bonchev–Trinajstić information content (AvgIpc) is 2.88. The zero-order valence-electron chi connectivity index (χ0n) is 17.4. The smallest absolute Gasteiger partial charge is 0.341 e. The molecule has 0 radical (unpaired) electrons. The molecule has 1 aliphatic heterocycles. The van der Waals surface area contributed by atoms with Gasteiger partial charge in [-0.3, -0.25) is 0 Å². The SMILES string of the molecule is CCOC(=O)c1c(NC(=S)N2c3ccc(F)cc3CC[C@@H]2C)sc2c1CCCCC2. The molecule has 1 atom stereocenters. The molecular weight excluding hydrogens is 419 g/mol. The predicted molar refractivity (Wildman–Crippen MR) is 124 cm³/mol. The van der Waals surface area contributed by atoms with Crippen LogP contribution in [0.25, 0.3) is 0 Å². The molecule has 0 unspecified atom stereocenters. The first-order valence-corrected chi connectivity index (χ1v) is 11.9. The van der Waals surface area contributed by atoms with E-state index in [9.17, 15) is 9.18 Å². The van der Waals surface area contributed by atoms with E-state index in [1.54, 1.807) is 23.5 Å². The maximum Gasteiger partial charge on any atom is 0.341 e. The van der Waals surface area contributed by atoms with Gasteiger partial charge in [-0.1, -0.05) is 6.42 Å². The molecule has 0 fully saturated rings. The number of anilines is 2. The van der Waals surface area contributed by atoms with Gasteiger partial charge in [-0.15, -0.1) is 11.3 Å². The minimum Gasteiger partial charge on any atom is -0.462 e. The van der Waals surface area contributed by atoms with Gasteiger partial charge in [0.1, 0.15) is 10.8 Å². The molecule has 1 aromatic carbocycles. The Morgan fingerprint density at radius 2 is 2.10 bits per heavy atom. The number of carbonyl (C=O) groups is 1. The van der Waals surface area contributed by atoms with Gasteiger partial charge in [0.15, 0.2) is 5.11 Å². The number of rotatable bonds is 3. The lowest BCUT2D eigenvalue weighted by Gasteiger charge is -2.37. The summed E-state index contributed by atoms with van der Waals surface area (Å²) in [6.07, 6.45) is 7.02. The average molecular weight is 447 g/mol. The Morgan fingerprint density at radius 3 is 2.90 bits per heavy atom. The number of benzene rings is 1. The van der Waals surface area contributed by atoms with Gasteiger partial charge >= 0.3 is 5.97 Å².